The molecule has 2 aromatic carbocycles. The summed E-state index contributed by atoms with van der Waals surface area (Å²) < 4.78 is 1.58. The summed E-state index contributed by atoms with van der Waals surface area (Å²) in [6.45, 7) is 3.51. The molecule has 0 bridgehead atoms. The van der Waals surface area contributed by atoms with E-state index in [9.17, 15) is 9.59 Å². The molecule has 168 valence electrons. The number of para-hydroxylation sites is 1. The minimum Gasteiger partial charge on any atom is -0.339 e. The van der Waals surface area contributed by atoms with Gasteiger partial charge in [-0.3, -0.25) is 9.59 Å². The number of likely N-dealkylation sites (tertiary alicyclic amines) is 1. The predicted octanol–water partition coefficient (Wildman–Crippen LogP) is 4.73. The molecule has 3 heterocycles. The lowest BCUT2D eigenvalue weighted by atomic mass is 10.0. The van der Waals surface area contributed by atoms with Crippen LogP contribution in [0.5, 0.6) is 0 Å². The Morgan fingerprint density at radius 1 is 1.00 bits per heavy atom. The molecule has 0 spiro atoms. The number of anilines is 1. The van der Waals surface area contributed by atoms with E-state index in [0.29, 0.717) is 10.6 Å². The maximum absolute atomic E-state index is 13.5. The van der Waals surface area contributed by atoms with Gasteiger partial charge >= 0.3 is 0 Å². The Bertz CT molecular complexity index is 1310. The molecule has 5 rings (SSSR count). The van der Waals surface area contributed by atoms with Crippen LogP contribution in [0.3, 0.4) is 0 Å². The van der Waals surface area contributed by atoms with Crippen LogP contribution >= 0.6 is 11.3 Å². The van der Waals surface area contributed by atoms with Crippen LogP contribution < -0.4 is 5.32 Å². The van der Waals surface area contributed by atoms with E-state index >= 15 is 0 Å². The Morgan fingerprint density at radius 3 is 2.52 bits per heavy atom. The summed E-state index contributed by atoms with van der Waals surface area (Å²) in [4.78, 5) is 29.4. The molecule has 1 saturated heterocycles. The average Bonchev–Trinajstić information content (AvgIpc) is 3.40. The summed E-state index contributed by atoms with van der Waals surface area (Å²) in [5.74, 6) is -0.244. The van der Waals surface area contributed by atoms with Crippen LogP contribution in [0.1, 0.15) is 35.2 Å². The third-order valence-corrected chi connectivity index (χ3v) is 7.26. The topological polar surface area (TPSA) is 80.1 Å². The number of nitrogens with zero attached hydrogens (tertiary/aromatic N) is 4. The Hall–Kier alpha value is -3.52. The van der Waals surface area contributed by atoms with Gasteiger partial charge in [0.25, 0.3) is 5.91 Å². The Labute approximate surface area is 196 Å². The molecule has 1 aliphatic heterocycles. The first-order valence-corrected chi connectivity index (χ1v) is 12.0. The molecule has 2 aromatic heterocycles. The van der Waals surface area contributed by atoms with Gasteiger partial charge in [0.1, 0.15) is 17.1 Å². The van der Waals surface area contributed by atoms with Crippen molar-refractivity contribution in [3.63, 3.8) is 0 Å². The molecule has 0 saturated carbocycles. The van der Waals surface area contributed by atoms with Gasteiger partial charge in [-0.25, -0.2) is 4.68 Å². The predicted molar refractivity (Wildman–Crippen MR) is 130 cm³/mol. The van der Waals surface area contributed by atoms with Crippen LogP contribution in [-0.4, -0.2) is 44.8 Å². The van der Waals surface area contributed by atoms with Crippen molar-refractivity contribution in [3.05, 3.63) is 65.7 Å². The Morgan fingerprint density at radius 2 is 1.73 bits per heavy atom. The summed E-state index contributed by atoms with van der Waals surface area (Å²) in [7, 11) is 0. The number of hydrogen-bond donors (Lipinski definition) is 1. The third kappa shape index (κ3) is 4.26. The molecule has 7 nitrogen and oxygen atoms in total. The van der Waals surface area contributed by atoms with E-state index in [0.717, 1.165) is 59.4 Å². The van der Waals surface area contributed by atoms with Gasteiger partial charge in [-0.1, -0.05) is 47.7 Å². The van der Waals surface area contributed by atoms with Gasteiger partial charge in [0.15, 0.2) is 0 Å². The normalized spacial score (nSPS) is 13.9. The van der Waals surface area contributed by atoms with E-state index < -0.39 is 0 Å². The molecule has 0 radical (unpaired) electrons. The van der Waals surface area contributed by atoms with Crippen LogP contribution in [-0.2, 0) is 11.3 Å². The summed E-state index contributed by atoms with van der Waals surface area (Å²) >= 11 is 1.45. The summed E-state index contributed by atoms with van der Waals surface area (Å²) in [5.41, 5.74) is 4.07. The molecule has 1 fully saturated rings. The minimum atomic E-state index is -0.237. The lowest BCUT2D eigenvalue weighted by molar-refractivity contribution is -0.116. The van der Waals surface area contributed by atoms with Crippen LogP contribution in [0.25, 0.3) is 21.5 Å². The second-order valence-corrected chi connectivity index (χ2v) is 9.28. The highest BCUT2D eigenvalue weighted by Gasteiger charge is 2.28. The first kappa shape index (κ1) is 21.3. The van der Waals surface area contributed by atoms with Gasteiger partial charge in [-0.15, -0.1) is 16.4 Å². The third-order valence-electron chi connectivity index (χ3n) is 6.01. The van der Waals surface area contributed by atoms with E-state index in [4.69, 9.17) is 0 Å². The first-order valence-electron chi connectivity index (χ1n) is 11.2. The van der Waals surface area contributed by atoms with E-state index in [-0.39, 0.29) is 18.4 Å². The number of hydrogen-bond acceptors (Lipinski definition) is 5. The molecule has 4 aromatic rings. The quantitative estimate of drug-likeness (QED) is 0.468. The van der Waals surface area contributed by atoms with Gasteiger partial charge < -0.3 is 10.2 Å². The van der Waals surface area contributed by atoms with Gasteiger partial charge in [0.05, 0.1) is 11.1 Å². The van der Waals surface area contributed by atoms with Crippen molar-refractivity contribution in [2.24, 2.45) is 0 Å². The van der Waals surface area contributed by atoms with E-state index in [1.807, 2.05) is 66.4 Å². The summed E-state index contributed by atoms with van der Waals surface area (Å²) in [6, 6.07) is 17.5. The zero-order valence-electron chi connectivity index (χ0n) is 18.5. The largest absolute Gasteiger partial charge is 0.339 e. The van der Waals surface area contributed by atoms with Crippen molar-refractivity contribution >= 4 is 39.2 Å². The fraction of sp³-hybridized carbons (Fsp3) is 0.280. The van der Waals surface area contributed by atoms with Crippen molar-refractivity contribution in [2.45, 2.75) is 32.7 Å². The SMILES string of the molecule is Cc1c(-c2ccccc2)sc(NC(=O)Cn2nnc3ccccc32)c1C(=O)N1CCCCC1. The maximum Gasteiger partial charge on any atom is 0.257 e. The number of piperidine rings is 1. The highest BCUT2D eigenvalue weighted by molar-refractivity contribution is 7.20. The number of rotatable bonds is 5. The van der Waals surface area contributed by atoms with Crippen LogP contribution in [0.15, 0.2) is 54.6 Å². The van der Waals surface area contributed by atoms with Crippen LogP contribution in [0.2, 0.25) is 0 Å². The van der Waals surface area contributed by atoms with Crippen molar-refractivity contribution in [2.75, 3.05) is 18.4 Å². The van der Waals surface area contributed by atoms with Crippen LogP contribution in [0, 0.1) is 6.92 Å². The van der Waals surface area contributed by atoms with Crippen LogP contribution in [0.4, 0.5) is 5.00 Å². The molecule has 0 atom stereocenters. The zero-order chi connectivity index (χ0) is 22.8. The second-order valence-electron chi connectivity index (χ2n) is 8.26. The summed E-state index contributed by atoms with van der Waals surface area (Å²) in [6.07, 6.45) is 3.18. The molecule has 1 aliphatic rings. The van der Waals surface area contributed by atoms with Gasteiger partial charge in [0.2, 0.25) is 5.91 Å². The maximum atomic E-state index is 13.5. The molecule has 0 unspecified atom stereocenters. The number of nitrogens with one attached hydrogen (secondary N) is 1. The fourth-order valence-electron chi connectivity index (χ4n) is 4.32. The molecule has 8 heteroatoms. The Kier molecular flexibility index (Phi) is 5.92. The van der Waals surface area contributed by atoms with Gasteiger partial charge in [-0.2, -0.15) is 0 Å². The molecular formula is C25H25N5O2S. The van der Waals surface area contributed by atoms with E-state index in [1.165, 1.54) is 11.3 Å². The molecule has 1 N–H and O–H groups in total. The summed E-state index contributed by atoms with van der Waals surface area (Å²) in [5, 5.41) is 11.8. The molecule has 0 aliphatic carbocycles. The van der Waals surface area contributed by atoms with Crippen molar-refractivity contribution in [1.29, 1.82) is 0 Å². The standard InChI is InChI=1S/C25H25N5O2S/c1-17-22(25(32)29-14-8-3-9-15-29)24(33-23(17)18-10-4-2-5-11-18)26-21(31)16-30-20-13-7-6-12-19(20)27-28-30/h2,4-7,10-13H,3,8-9,14-16H2,1H3,(H,26,31). The number of fused-ring (bicyclic) bond motifs is 1. The second kappa shape index (κ2) is 9.15. The number of carbonyl (C=O) groups excluding carboxylic acids is 2. The zero-order valence-corrected chi connectivity index (χ0v) is 19.3. The number of thiophene rings is 1. The number of carbonyl (C=O) groups is 2. The first-order chi connectivity index (χ1) is 16.1. The highest BCUT2D eigenvalue weighted by Crippen LogP contribution is 2.40. The van der Waals surface area contributed by atoms with E-state index in [2.05, 4.69) is 15.6 Å². The lowest BCUT2D eigenvalue weighted by Gasteiger charge is -2.27. The highest BCUT2D eigenvalue weighted by atomic mass is 32.1. The minimum absolute atomic E-state index is 0.00728. The average molecular weight is 460 g/mol. The lowest BCUT2D eigenvalue weighted by Crippen LogP contribution is -2.36. The van der Waals surface area contributed by atoms with Gasteiger partial charge in [-0.05, 0) is 49.4 Å². The molecular weight excluding hydrogens is 434 g/mol. The van der Waals surface area contributed by atoms with Crippen molar-refractivity contribution < 1.29 is 9.59 Å². The number of aromatic nitrogens is 3. The Balaban J connectivity index is 1.47. The number of amides is 2. The van der Waals surface area contributed by atoms with Crippen molar-refractivity contribution in [3.8, 4) is 10.4 Å². The monoisotopic (exact) mass is 459 g/mol. The molecule has 2 amide bonds. The van der Waals surface area contributed by atoms with Gasteiger partial charge in [0, 0.05) is 18.0 Å². The fourth-order valence-corrected chi connectivity index (χ4v) is 5.54. The smallest absolute Gasteiger partial charge is 0.257 e. The van der Waals surface area contributed by atoms with Crippen molar-refractivity contribution in [1.82, 2.24) is 19.9 Å². The number of benzene rings is 2. The molecule has 33 heavy (non-hydrogen) atoms. The van der Waals surface area contributed by atoms with E-state index in [1.54, 1.807) is 4.68 Å².